The molecule has 0 aliphatic rings. The molecule has 0 amide bonds. The van der Waals surface area contributed by atoms with Crippen LogP contribution in [0.4, 0.5) is 0 Å². The number of aromatic nitrogens is 2. The zero-order chi connectivity index (χ0) is 13.5. The Morgan fingerprint density at radius 3 is 3.05 bits per heavy atom. The van der Waals surface area contributed by atoms with Gasteiger partial charge in [0.1, 0.15) is 5.75 Å². The van der Waals surface area contributed by atoms with E-state index in [1.54, 1.807) is 6.08 Å². The summed E-state index contributed by atoms with van der Waals surface area (Å²) in [5, 5.41) is 7.09. The SMILES string of the molecule is C=CCNCc1nc(-c2ccccc2OCC)no1. The molecule has 1 aromatic heterocycles. The Hall–Kier alpha value is -2.14. The van der Waals surface area contributed by atoms with E-state index in [-0.39, 0.29) is 0 Å². The van der Waals surface area contributed by atoms with Gasteiger partial charge in [0.05, 0.1) is 18.7 Å². The largest absolute Gasteiger partial charge is 0.493 e. The first-order chi connectivity index (χ1) is 9.35. The zero-order valence-electron chi connectivity index (χ0n) is 10.9. The third-order valence-corrected chi connectivity index (χ3v) is 2.46. The summed E-state index contributed by atoms with van der Waals surface area (Å²) in [5.74, 6) is 1.85. The molecule has 0 fully saturated rings. The lowest BCUT2D eigenvalue weighted by molar-refractivity contribution is 0.340. The van der Waals surface area contributed by atoms with E-state index >= 15 is 0 Å². The Labute approximate surface area is 112 Å². The number of benzene rings is 1. The van der Waals surface area contributed by atoms with E-state index in [2.05, 4.69) is 22.0 Å². The van der Waals surface area contributed by atoms with Crippen LogP contribution in [0.25, 0.3) is 11.4 Å². The van der Waals surface area contributed by atoms with Crippen LogP contribution in [-0.4, -0.2) is 23.3 Å². The van der Waals surface area contributed by atoms with Crippen LogP contribution in [0.2, 0.25) is 0 Å². The summed E-state index contributed by atoms with van der Waals surface area (Å²) < 4.78 is 10.7. The fourth-order valence-corrected chi connectivity index (χ4v) is 1.65. The molecule has 19 heavy (non-hydrogen) atoms. The lowest BCUT2D eigenvalue weighted by Gasteiger charge is -2.05. The Balaban J connectivity index is 2.15. The van der Waals surface area contributed by atoms with Gasteiger partial charge in [-0.1, -0.05) is 23.4 Å². The minimum atomic E-state index is 0.524. The number of hydrogen-bond acceptors (Lipinski definition) is 5. The molecule has 2 rings (SSSR count). The molecule has 0 saturated heterocycles. The van der Waals surface area contributed by atoms with E-state index in [1.807, 2.05) is 31.2 Å². The minimum Gasteiger partial charge on any atom is -0.493 e. The van der Waals surface area contributed by atoms with Crippen molar-refractivity contribution < 1.29 is 9.26 Å². The monoisotopic (exact) mass is 259 g/mol. The normalized spacial score (nSPS) is 10.4. The topological polar surface area (TPSA) is 60.2 Å². The fourth-order valence-electron chi connectivity index (χ4n) is 1.65. The molecule has 2 aromatic rings. The molecule has 1 aromatic carbocycles. The van der Waals surface area contributed by atoms with Crippen LogP contribution < -0.4 is 10.1 Å². The van der Waals surface area contributed by atoms with E-state index in [4.69, 9.17) is 9.26 Å². The molecule has 0 radical (unpaired) electrons. The number of para-hydroxylation sites is 1. The number of nitrogens with one attached hydrogen (secondary N) is 1. The van der Waals surface area contributed by atoms with Gasteiger partial charge in [-0.3, -0.25) is 0 Å². The number of nitrogens with zero attached hydrogens (tertiary/aromatic N) is 2. The van der Waals surface area contributed by atoms with Gasteiger partial charge in [0, 0.05) is 6.54 Å². The van der Waals surface area contributed by atoms with Crippen LogP contribution in [0, 0.1) is 0 Å². The van der Waals surface area contributed by atoms with E-state index in [0.29, 0.717) is 31.4 Å². The summed E-state index contributed by atoms with van der Waals surface area (Å²) in [5.41, 5.74) is 0.836. The van der Waals surface area contributed by atoms with Gasteiger partial charge in [-0.15, -0.1) is 6.58 Å². The van der Waals surface area contributed by atoms with E-state index in [0.717, 1.165) is 11.3 Å². The summed E-state index contributed by atoms with van der Waals surface area (Å²) in [4.78, 5) is 4.34. The molecule has 0 atom stereocenters. The number of ether oxygens (including phenoxy) is 1. The number of rotatable bonds is 7. The number of hydrogen-bond donors (Lipinski definition) is 1. The molecule has 100 valence electrons. The van der Waals surface area contributed by atoms with Crippen molar-refractivity contribution in [2.24, 2.45) is 0 Å². The quantitative estimate of drug-likeness (QED) is 0.611. The standard InChI is InChI=1S/C14H17N3O2/c1-3-9-15-10-13-16-14(17-19-13)11-7-5-6-8-12(11)18-4-2/h3,5-8,15H,1,4,9-10H2,2H3. The Kier molecular flexibility index (Phi) is 4.69. The Morgan fingerprint density at radius 1 is 1.42 bits per heavy atom. The van der Waals surface area contributed by atoms with E-state index < -0.39 is 0 Å². The van der Waals surface area contributed by atoms with Gasteiger partial charge in [-0.05, 0) is 19.1 Å². The maximum atomic E-state index is 5.55. The summed E-state index contributed by atoms with van der Waals surface area (Å²) in [7, 11) is 0. The molecule has 0 aliphatic heterocycles. The van der Waals surface area contributed by atoms with Crippen molar-refractivity contribution in [2.75, 3.05) is 13.2 Å². The van der Waals surface area contributed by atoms with Crippen molar-refractivity contribution in [3.05, 3.63) is 42.8 Å². The van der Waals surface area contributed by atoms with Gasteiger partial charge in [0.2, 0.25) is 11.7 Å². The second-order valence-electron chi connectivity index (χ2n) is 3.86. The highest BCUT2D eigenvalue weighted by molar-refractivity contribution is 5.63. The van der Waals surface area contributed by atoms with Crippen LogP contribution in [0.1, 0.15) is 12.8 Å². The average molecular weight is 259 g/mol. The first kappa shape index (κ1) is 13.3. The first-order valence-corrected chi connectivity index (χ1v) is 6.21. The highest BCUT2D eigenvalue weighted by Gasteiger charge is 2.12. The smallest absolute Gasteiger partial charge is 0.240 e. The second kappa shape index (κ2) is 6.70. The summed E-state index contributed by atoms with van der Waals surface area (Å²) in [6.07, 6.45) is 1.78. The molecule has 1 heterocycles. The maximum Gasteiger partial charge on any atom is 0.240 e. The molecular weight excluding hydrogens is 242 g/mol. The Morgan fingerprint density at radius 2 is 2.26 bits per heavy atom. The lowest BCUT2D eigenvalue weighted by atomic mass is 10.2. The average Bonchev–Trinajstić information content (AvgIpc) is 2.89. The van der Waals surface area contributed by atoms with Gasteiger partial charge in [-0.25, -0.2) is 0 Å². The zero-order valence-corrected chi connectivity index (χ0v) is 10.9. The van der Waals surface area contributed by atoms with Gasteiger partial charge in [-0.2, -0.15) is 4.98 Å². The molecule has 0 unspecified atom stereocenters. The molecule has 0 saturated carbocycles. The summed E-state index contributed by atoms with van der Waals surface area (Å²) >= 11 is 0. The third kappa shape index (κ3) is 3.42. The molecule has 1 N–H and O–H groups in total. The molecular formula is C14H17N3O2. The van der Waals surface area contributed by atoms with Gasteiger partial charge in [0.25, 0.3) is 0 Å². The first-order valence-electron chi connectivity index (χ1n) is 6.21. The molecule has 0 bridgehead atoms. The predicted octanol–water partition coefficient (Wildman–Crippen LogP) is 2.41. The van der Waals surface area contributed by atoms with Crippen molar-refractivity contribution >= 4 is 0 Å². The predicted molar refractivity (Wildman–Crippen MR) is 72.8 cm³/mol. The van der Waals surface area contributed by atoms with Gasteiger partial charge in [0.15, 0.2) is 0 Å². The van der Waals surface area contributed by atoms with Crippen LogP contribution in [0.3, 0.4) is 0 Å². The molecule has 0 spiro atoms. The van der Waals surface area contributed by atoms with Gasteiger partial charge < -0.3 is 14.6 Å². The van der Waals surface area contributed by atoms with Crippen LogP contribution in [-0.2, 0) is 6.54 Å². The van der Waals surface area contributed by atoms with Crippen molar-refractivity contribution in [1.29, 1.82) is 0 Å². The van der Waals surface area contributed by atoms with Crippen molar-refractivity contribution in [1.82, 2.24) is 15.5 Å². The second-order valence-corrected chi connectivity index (χ2v) is 3.86. The highest BCUT2D eigenvalue weighted by Crippen LogP contribution is 2.27. The van der Waals surface area contributed by atoms with E-state index in [1.165, 1.54) is 0 Å². The third-order valence-electron chi connectivity index (χ3n) is 2.46. The molecule has 5 heteroatoms. The van der Waals surface area contributed by atoms with Crippen molar-refractivity contribution in [3.63, 3.8) is 0 Å². The van der Waals surface area contributed by atoms with Crippen LogP contribution in [0.15, 0.2) is 41.4 Å². The van der Waals surface area contributed by atoms with Crippen LogP contribution >= 0.6 is 0 Å². The minimum absolute atomic E-state index is 0.524. The lowest BCUT2D eigenvalue weighted by Crippen LogP contribution is -2.12. The summed E-state index contributed by atoms with van der Waals surface area (Å²) in [6.45, 7) is 7.40. The van der Waals surface area contributed by atoms with Crippen LogP contribution in [0.5, 0.6) is 5.75 Å². The fraction of sp³-hybridized carbons (Fsp3) is 0.286. The Bertz CT molecular complexity index is 537. The van der Waals surface area contributed by atoms with Gasteiger partial charge >= 0.3 is 0 Å². The van der Waals surface area contributed by atoms with Crippen molar-refractivity contribution in [3.8, 4) is 17.1 Å². The maximum absolute atomic E-state index is 5.55. The molecule has 0 aliphatic carbocycles. The van der Waals surface area contributed by atoms with Crippen molar-refractivity contribution in [2.45, 2.75) is 13.5 Å². The van der Waals surface area contributed by atoms with E-state index in [9.17, 15) is 0 Å². The highest BCUT2D eigenvalue weighted by atomic mass is 16.5. The molecule has 5 nitrogen and oxygen atoms in total. The summed E-state index contributed by atoms with van der Waals surface area (Å²) in [6, 6.07) is 7.65.